The summed E-state index contributed by atoms with van der Waals surface area (Å²) in [4.78, 5) is 10.5. The van der Waals surface area contributed by atoms with Gasteiger partial charge in [0.2, 0.25) is 5.91 Å². The lowest BCUT2D eigenvalue weighted by Gasteiger charge is -2.06. The van der Waals surface area contributed by atoms with E-state index in [4.69, 9.17) is 0 Å². The predicted molar refractivity (Wildman–Crippen MR) is 40.5 cm³/mol. The molecule has 0 fully saturated rings. The Bertz CT molecular complexity index is 193. The lowest BCUT2D eigenvalue weighted by Crippen LogP contribution is -2.29. The first-order valence-electron chi connectivity index (χ1n) is 3.31. The first-order valence-corrected chi connectivity index (χ1v) is 3.31. The summed E-state index contributed by atoms with van der Waals surface area (Å²) in [5, 5.41) is 2.79. The second-order valence-corrected chi connectivity index (χ2v) is 2.53. The van der Waals surface area contributed by atoms with Crippen LogP contribution in [0.1, 0.15) is 13.3 Å². The van der Waals surface area contributed by atoms with Crippen molar-refractivity contribution < 1.29 is 4.79 Å². The maximum atomic E-state index is 10.5. The van der Waals surface area contributed by atoms with Crippen LogP contribution in [0.3, 0.4) is 0 Å². The molecule has 0 bridgehead atoms. The lowest BCUT2D eigenvalue weighted by atomic mass is 10.2. The Hall–Kier alpha value is -1.05. The Labute approximate surface area is 60.6 Å². The fraction of sp³-hybridized carbons (Fsp3) is 0.375. The molecule has 1 unspecified atom stereocenters. The Morgan fingerprint density at radius 2 is 2.60 bits per heavy atom. The Morgan fingerprint density at radius 3 is 3.00 bits per heavy atom. The lowest BCUT2D eigenvalue weighted by molar-refractivity contribution is -0.119. The van der Waals surface area contributed by atoms with Gasteiger partial charge in [-0.3, -0.25) is 4.79 Å². The normalized spacial score (nSPS) is 23.3. The molecule has 0 aliphatic heterocycles. The van der Waals surface area contributed by atoms with E-state index in [0.29, 0.717) is 0 Å². The third-order valence-corrected chi connectivity index (χ3v) is 1.43. The van der Waals surface area contributed by atoms with Crippen molar-refractivity contribution in [2.45, 2.75) is 19.4 Å². The largest absolute Gasteiger partial charge is 0.350 e. The summed E-state index contributed by atoms with van der Waals surface area (Å²) in [6, 6.07) is 0.185. The van der Waals surface area contributed by atoms with Crippen LogP contribution in [0.15, 0.2) is 24.3 Å². The van der Waals surface area contributed by atoms with E-state index >= 15 is 0 Å². The highest BCUT2D eigenvalue weighted by atomic mass is 16.1. The van der Waals surface area contributed by atoms with E-state index in [0.717, 1.165) is 12.0 Å². The van der Waals surface area contributed by atoms with Crippen molar-refractivity contribution in [1.82, 2.24) is 5.32 Å². The molecule has 0 aromatic heterocycles. The van der Waals surface area contributed by atoms with Gasteiger partial charge in [0.15, 0.2) is 0 Å². The van der Waals surface area contributed by atoms with Gasteiger partial charge in [-0.15, -0.1) is 0 Å². The third kappa shape index (κ3) is 1.72. The third-order valence-electron chi connectivity index (χ3n) is 1.43. The standard InChI is InChI=1S/C8H11NO/c1-6-3-4-8(5-6)9-7(2)10/h3-4,8H,1,5H2,2H3,(H,9,10). The van der Waals surface area contributed by atoms with Crippen LogP contribution in [-0.2, 0) is 4.79 Å². The van der Waals surface area contributed by atoms with Crippen molar-refractivity contribution in [3.8, 4) is 0 Å². The molecule has 0 aromatic carbocycles. The average Bonchev–Trinajstić information content (AvgIpc) is 2.13. The minimum atomic E-state index is 0.0179. The van der Waals surface area contributed by atoms with Gasteiger partial charge in [-0.2, -0.15) is 0 Å². The molecule has 1 aliphatic rings. The topological polar surface area (TPSA) is 29.1 Å². The molecule has 0 spiro atoms. The van der Waals surface area contributed by atoms with Gasteiger partial charge in [0.25, 0.3) is 0 Å². The Balaban J connectivity index is 2.40. The highest BCUT2D eigenvalue weighted by molar-refractivity contribution is 5.73. The van der Waals surface area contributed by atoms with Crippen molar-refractivity contribution >= 4 is 5.91 Å². The molecule has 2 heteroatoms. The smallest absolute Gasteiger partial charge is 0.217 e. The van der Waals surface area contributed by atoms with Crippen LogP contribution in [-0.4, -0.2) is 11.9 Å². The molecular weight excluding hydrogens is 126 g/mol. The van der Waals surface area contributed by atoms with Gasteiger partial charge in [0, 0.05) is 6.92 Å². The molecule has 0 saturated carbocycles. The minimum Gasteiger partial charge on any atom is -0.350 e. The fourth-order valence-electron chi connectivity index (χ4n) is 1.03. The van der Waals surface area contributed by atoms with Gasteiger partial charge in [0.05, 0.1) is 6.04 Å². The molecule has 1 aliphatic carbocycles. The number of carbonyl (C=O) groups is 1. The molecule has 0 heterocycles. The molecular formula is C8H11NO. The second-order valence-electron chi connectivity index (χ2n) is 2.53. The Kier molecular flexibility index (Phi) is 1.90. The molecule has 54 valence electrons. The first kappa shape index (κ1) is 7.06. The monoisotopic (exact) mass is 137 g/mol. The molecule has 0 radical (unpaired) electrons. The van der Waals surface area contributed by atoms with Crippen LogP contribution in [0.25, 0.3) is 0 Å². The van der Waals surface area contributed by atoms with Gasteiger partial charge >= 0.3 is 0 Å². The average molecular weight is 137 g/mol. The van der Waals surface area contributed by atoms with Crippen molar-refractivity contribution in [3.63, 3.8) is 0 Å². The zero-order valence-electron chi connectivity index (χ0n) is 6.05. The first-order chi connectivity index (χ1) is 4.68. The zero-order chi connectivity index (χ0) is 7.56. The molecule has 0 saturated heterocycles. The van der Waals surface area contributed by atoms with Gasteiger partial charge in [-0.25, -0.2) is 0 Å². The molecule has 0 aromatic rings. The summed E-state index contributed by atoms with van der Waals surface area (Å²) in [7, 11) is 0. The quantitative estimate of drug-likeness (QED) is 0.574. The van der Waals surface area contributed by atoms with Gasteiger partial charge in [-0.05, 0) is 6.42 Å². The zero-order valence-corrected chi connectivity index (χ0v) is 6.05. The van der Waals surface area contributed by atoms with Gasteiger partial charge in [-0.1, -0.05) is 24.3 Å². The summed E-state index contributed by atoms with van der Waals surface area (Å²) >= 11 is 0. The van der Waals surface area contributed by atoms with E-state index in [-0.39, 0.29) is 11.9 Å². The summed E-state index contributed by atoms with van der Waals surface area (Å²) in [5.41, 5.74) is 1.08. The predicted octanol–water partition coefficient (Wildman–Crippen LogP) is 1.01. The molecule has 10 heavy (non-hydrogen) atoms. The highest BCUT2D eigenvalue weighted by Gasteiger charge is 2.11. The number of hydrogen-bond donors (Lipinski definition) is 1. The number of hydrogen-bond acceptors (Lipinski definition) is 1. The summed E-state index contributed by atoms with van der Waals surface area (Å²) in [5.74, 6) is 0.0179. The van der Waals surface area contributed by atoms with Crippen LogP contribution >= 0.6 is 0 Å². The summed E-state index contributed by atoms with van der Waals surface area (Å²) in [6.07, 6.45) is 4.77. The van der Waals surface area contributed by atoms with Gasteiger partial charge < -0.3 is 5.32 Å². The van der Waals surface area contributed by atoms with Crippen molar-refractivity contribution in [3.05, 3.63) is 24.3 Å². The summed E-state index contributed by atoms with van der Waals surface area (Å²) in [6.45, 7) is 5.30. The molecule has 1 rings (SSSR count). The van der Waals surface area contributed by atoms with Crippen LogP contribution in [0, 0.1) is 0 Å². The molecule has 2 nitrogen and oxygen atoms in total. The van der Waals surface area contributed by atoms with Crippen LogP contribution in [0.5, 0.6) is 0 Å². The number of allylic oxidation sites excluding steroid dienone is 1. The van der Waals surface area contributed by atoms with Crippen molar-refractivity contribution in [2.75, 3.05) is 0 Å². The second kappa shape index (κ2) is 2.69. The van der Waals surface area contributed by atoms with Gasteiger partial charge in [0.1, 0.15) is 0 Å². The number of carbonyl (C=O) groups excluding carboxylic acids is 1. The maximum Gasteiger partial charge on any atom is 0.217 e. The molecule has 1 N–H and O–H groups in total. The number of rotatable bonds is 1. The van der Waals surface area contributed by atoms with E-state index in [1.165, 1.54) is 6.92 Å². The minimum absolute atomic E-state index is 0.0179. The summed E-state index contributed by atoms with van der Waals surface area (Å²) < 4.78 is 0. The van der Waals surface area contributed by atoms with Crippen LogP contribution < -0.4 is 5.32 Å². The van der Waals surface area contributed by atoms with E-state index in [2.05, 4.69) is 11.9 Å². The number of amides is 1. The van der Waals surface area contributed by atoms with Crippen molar-refractivity contribution in [2.24, 2.45) is 0 Å². The highest BCUT2D eigenvalue weighted by Crippen LogP contribution is 2.13. The van der Waals surface area contributed by atoms with E-state index in [1.54, 1.807) is 0 Å². The Morgan fingerprint density at radius 1 is 1.90 bits per heavy atom. The maximum absolute atomic E-state index is 10.5. The molecule has 1 atom stereocenters. The van der Waals surface area contributed by atoms with Crippen molar-refractivity contribution in [1.29, 1.82) is 0 Å². The van der Waals surface area contributed by atoms with E-state index < -0.39 is 0 Å². The van der Waals surface area contributed by atoms with E-state index in [1.807, 2.05) is 12.2 Å². The fourth-order valence-corrected chi connectivity index (χ4v) is 1.03. The van der Waals surface area contributed by atoms with Crippen LogP contribution in [0.4, 0.5) is 0 Å². The number of nitrogens with one attached hydrogen (secondary N) is 1. The molecule has 1 amide bonds. The van der Waals surface area contributed by atoms with E-state index in [9.17, 15) is 4.79 Å². The SMILES string of the molecule is C=C1C=CC(NC(C)=O)C1. The van der Waals surface area contributed by atoms with Crippen LogP contribution in [0.2, 0.25) is 0 Å².